The molecule has 0 saturated heterocycles. The van der Waals surface area contributed by atoms with E-state index in [9.17, 15) is 10.1 Å². The van der Waals surface area contributed by atoms with Gasteiger partial charge in [0.25, 0.3) is 5.91 Å². The van der Waals surface area contributed by atoms with Gasteiger partial charge in [-0.15, -0.1) is 0 Å². The molecular weight excluding hydrogens is 220 g/mol. The highest BCUT2D eigenvalue weighted by atomic mass is 32.1. The number of hydrogen-bond acceptors (Lipinski definition) is 3. The quantitative estimate of drug-likeness (QED) is 0.858. The van der Waals surface area contributed by atoms with Crippen molar-refractivity contribution in [3.8, 4) is 6.07 Å². The molecule has 0 radical (unpaired) electrons. The van der Waals surface area contributed by atoms with Gasteiger partial charge in [0, 0.05) is 5.38 Å². The maximum absolute atomic E-state index is 11.9. The molecule has 1 amide bonds. The predicted octanol–water partition coefficient (Wildman–Crippen LogP) is 2.81. The zero-order chi connectivity index (χ0) is 12.4. The van der Waals surface area contributed by atoms with Crippen LogP contribution in [0, 0.1) is 16.7 Å². The third-order valence-electron chi connectivity index (χ3n) is 2.87. The normalized spacial score (nSPS) is 14.9. The highest BCUT2D eigenvalue weighted by molar-refractivity contribution is 7.08. The van der Waals surface area contributed by atoms with Gasteiger partial charge in [-0.05, 0) is 23.8 Å². The van der Waals surface area contributed by atoms with Gasteiger partial charge in [0.1, 0.15) is 5.54 Å². The maximum atomic E-state index is 11.9. The maximum Gasteiger partial charge on any atom is 0.253 e. The summed E-state index contributed by atoms with van der Waals surface area (Å²) in [6, 6.07) is 3.93. The van der Waals surface area contributed by atoms with E-state index in [-0.39, 0.29) is 11.3 Å². The molecule has 1 heterocycles. The minimum atomic E-state index is -0.869. The van der Waals surface area contributed by atoms with Crippen LogP contribution in [-0.2, 0) is 0 Å². The van der Waals surface area contributed by atoms with E-state index >= 15 is 0 Å². The molecule has 3 nitrogen and oxygen atoms in total. The van der Waals surface area contributed by atoms with Crippen LogP contribution < -0.4 is 5.32 Å². The summed E-state index contributed by atoms with van der Waals surface area (Å²) in [4.78, 5) is 11.9. The third kappa shape index (κ3) is 2.42. The van der Waals surface area contributed by atoms with E-state index in [2.05, 4.69) is 11.4 Å². The Bertz CT molecular complexity index is 411. The second-order valence-corrected chi connectivity index (χ2v) is 5.73. The molecule has 1 atom stereocenters. The van der Waals surface area contributed by atoms with Crippen LogP contribution in [0.15, 0.2) is 16.8 Å². The summed E-state index contributed by atoms with van der Waals surface area (Å²) in [5, 5.41) is 15.6. The lowest BCUT2D eigenvalue weighted by atomic mass is 9.76. The molecule has 0 aliphatic carbocycles. The molecule has 1 aromatic heterocycles. The molecule has 0 aliphatic heterocycles. The Morgan fingerprint density at radius 2 is 2.06 bits per heavy atom. The van der Waals surface area contributed by atoms with E-state index in [1.807, 2.05) is 26.2 Å². The average Bonchev–Trinajstić information content (AvgIpc) is 2.68. The van der Waals surface area contributed by atoms with Crippen molar-refractivity contribution in [1.29, 1.82) is 5.26 Å². The summed E-state index contributed by atoms with van der Waals surface area (Å²) in [6.45, 7) is 7.55. The van der Waals surface area contributed by atoms with Gasteiger partial charge in [0.15, 0.2) is 0 Å². The third-order valence-corrected chi connectivity index (χ3v) is 3.55. The first-order valence-electron chi connectivity index (χ1n) is 5.06. The van der Waals surface area contributed by atoms with Crippen molar-refractivity contribution in [3.63, 3.8) is 0 Å². The lowest BCUT2D eigenvalue weighted by Gasteiger charge is -2.36. The molecule has 0 fully saturated rings. The van der Waals surface area contributed by atoms with E-state index in [0.29, 0.717) is 5.56 Å². The zero-order valence-corrected chi connectivity index (χ0v) is 10.8. The molecule has 86 valence electrons. The van der Waals surface area contributed by atoms with Crippen LogP contribution in [0.2, 0.25) is 0 Å². The Labute approximate surface area is 100 Å². The Balaban J connectivity index is 2.88. The highest BCUT2D eigenvalue weighted by Crippen LogP contribution is 2.29. The van der Waals surface area contributed by atoms with Crippen molar-refractivity contribution < 1.29 is 4.79 Å². The number of amides is 1. The van der Waals surface area contributed by atoms with Crippen molar-refractivity contribution in [1.82, 2.24) is 5.32 Å². The molecule has 16 heavy (non-hydrogen) atoms. The van der Waals surface area contributed by atoms with E-state index in [0.717, 1.165) is 0 Å². The van der Waals surface area contributed by atoms with E-state index in [1.54, 1.807) is 18.4 Å². The number of nitriles is 1. The van der Waals surface area contributed by atoms with Gasteiger partial charge in [-0.1, -0.05) is 20.8 Å². The molecule has 1 unspecified atom stereocenters. The van der Waals surface area contributed by atoms with Gasteiger partial charge in [-0.2, -0.15) is 16.6 Å². The van der Waals surface area contributed by atoms with E-state index < -0.39 is 5.54 Å². The molecule has 0 saturated carbocycles. The minimum Gasteiger partial charge on any atom is -0.333 e. The molecule has 0 aliphatic rings. The first kappa shape index (κ1) is 12.7. The van der Waals surface area contributed by atoms with Crippen LogP contribution in [0.3, 0.4) is 0 Å². The van der Waals surface area contributed by atoms with E-state index in [4.69, 9.17) is 0 Å². The number of hydrogen-bond donors (Lipinski definition) is 1. The van der Waals surface area contributed by atoms with Crippen molar-refractivity contribution >= 4 is 17.2 Å². The lowest BCUT2D eigenvalue weighted by molar-refractivity contribution is 0.0868. The molecule has 4 heteroatoms. The summed E-state index contributed by atoms with van der Waals surface area (Å²) in [5.41, 5.74) is -0.574. The van der Waals surface area contributed by atoms with Crippen molar-refractivity contribution in [2.45, 2.75) is 33.2 Å². The van der Waals surface area contributed by atoms with Crippen LogP contribution >= 0.6 is 11.3 Å². The van der Waals surface area contributed by atoms with Crippen molar-refractivity contribution in [3.05, 3.63) is 22.4 Å². The fraction of sp³-hybridized carbons (Fsp3) is 0.500. The van der Waals surface area contributed by atoms with Gasteiger partial charge >= 0.3 is 0 Å². The first-order valence-corrected chi connectivity index (χ1v) is 6.00. The van der Waals surface area contributed by atoms with Gasteiger partial charge in [-0.25, -0.2) is 0 Å². The molecule has 0 bridgehead atoms. The fourth-order valence-corrected chi connectivity index (χ4v) is 1.71. The van der Waals surface area contributed by atoms with Crippen molar-refractivity contribution in [2.75, 3.05) is 0 Å². The number of thiophene rings is 1. The topological polar surface area (TPSA) is 52.9 Å². The van der Waals surface area contributed by atoms with Crippen LogP contribution in [0.25, 0.3) is 0 Å². The average molecular weight is 236 g/mol. The second-order valence-electron chi connectivity index (χ2n) is 4.95. The Hall–Kier alpha value is -1.34. The number of nitrogens with zero attached hydrogens (tertiary/aromatic N) is 1. The van der Waals surface area contributed by atoms with Crippen LogP contribution in [0.4, 0.5) is 0 Å². The second kappa shape index (κ2) is 4.26. The number of nitrogens with one attached hydrogen (secondary N) is 1. The van der Waals surface area contributed by atoms with Gasteiger partial charge in [-0.3, -0.25) is 4.79 Å². The molecular formula is C12H16N2OS. The summed E-state index contributed by atoms with van der Waals surface area (Å²) in [7, 11) is 0. The largest absolute Gasteiger partial charge is 0.333 e. The Kier molecular flexibility index (Phi) is 3.39. The molecule has 0 aromatic carbocycles. The Morgan fingerprint density at radius 3 is 2.44 bits per heavy atom. The first-order chi connectivity index (χ1) is 7.30. The van der Waals surface area contributed by atoms with Crippen LogP contribution in [-0.4, -0.2) is 11.4 Å². The monoisotopic (exact) mass is 236 g/mol. The van der Waals surface area contributed by atoms with Crippen molar-refractivity contribution in [2.24, 2.45) is 5.41 Å². The Morgan fingerprint density at radius 1 is 1.44 bits per heavy atom. The standard InChI is InChI=1S/C12H16N2OS/c1-11(2,3)12(4,8-13)14-10(15)9-5-6-16-7-9/h5-7H,1-4H3,(H,14,15). The van der Waals surface area contributed by atoms with Crippen LogP contribution in [0.1, 0.15) is 38.1 Å². The molecule has 1 rings (SSSR count). The van der Waals surface area contributed by atoms with Gasteiger partial charge in [0.2, 0.25) is 0 Å². The molecule has 1 N–H and O–H groups in total. The highest BCUT2D eigenvalue weighted by Gasteiger charge is 2.39. The van der Waals surface area contributed by atoms with Gasteiger partial charge in [0.05, 0.1) is 11.6 Å². The summed E-state index contributed by atoms with van der Waals surface area (Å²) >= 11 is 1.47. The summed E-state index contributed by atoms with van der Waals surface area (Å²) in [6.07, 6.45) is 0. The van der Waals surface area contributed by atoms with Gasteiger partial charge < -0.3 is 5.32 Å². The smallest absolute Gasteiger partial charge is 0.253 e. The number of carbonyl (C=O) groups is 1. The number of rotatable bonds is 2. The fourth-order valence-electron chi connectivity index (χ4n) is 1.08. The lowest BCUT2D eigenvalue weighted by Crippen LogP contribution is -2.53. The van der Waals surface area contributed by atoms with E-state index in [1.165, 1.54) is 11.3 Å². The summed E-state index contributed by atoms with van der Waals surface area (Å²) < 4.78 is 0. The predicted molar refractivity (Wildman–Crippen MR) is 65.3 cm³/mol. The molecule has 0 spiro atoms. The van der Waals surface area contributed by atoms with Crippen LogP contribution in [0.5, 0.6) is 0 Å². The SMILES string of the molecule is CC(C)(C)C(C)(C#N)NC(=O)c1ccsc1. The summed E-state index contributed by atoms with van der Waals surface area (Å²) in [5.74, 6) is -0.194. The number of carbonyl (C=O) groups excluding carboxylic acids is 1. The molecule has 1 aromatic rings. The minimum absolute atomic E-state index is 0.194. The zero-order valence-electron chi connectivity index (χ0n) is 10.00.